The molecule has 0 radical (unpaired) electrons. The topological polar surface area (TPSA) is 62.3 Å². The maximum Gasteiger partial charge on any atom is 0.263 e. The highest BCUT2D eigenvalue weighted by Gasteiger charge is 2.27. The lowest BCUT2D eigenvalue weighted by molar-refractivity contribution is -0.118. The van der Waals surface area contributed by atoms with E-state index in [0.717, 1.165) is 36.5 Å². The Kier molecular flexibility index (Phi) is 6.09. The van der Waals surface area contributed by atoms with E-state index in [1.54, 1.807) is 23.5 Å². The molecule has 2 aromatic rings. The number of aromatic nitrogens is 1. The number of hydrogen-bond acceptors (Lipinski definition) is 5. The summed E-state index contributed by atoms with van der Waals surface area (Å²) in [7, 11) is 0. The molecule has 1 atom stereocenters. The number of nitrogens with one attached hydrogen (secondary N) is 1. The molecule has 25 heavy (non-hydrogen) atoms. The fourth-order valence-electron chi connectivity index (χ4n) is 2.94. The van der Waals surface area contributed by atoms with Gasteiger partial charge in [-0.15, -0.1) is 22.7 Å². The van der Waals surface area contributed by atoms with Gasteiger partial charge in [0, 0.05) is 44.3 Å². The summed E-state index contributed by atoms with van der Waals surface area (Å²) in [6.07, 6.45) is 2.77. The van der Waals surface area contributed by atoms with Crippen LogP contribution in [0.25, 0.3) is 0 Å². The van der Waals surface area contributed by atoms with E-state index in [9.17, 15) is 9.59 Å². The molecule has 0 aromatic carbocycles. The number of nitrogens with zero attached hydrogens (tertiary/aromatic N) is 2. The summed E-state index contributed by atoms with van der Waals surface area (Å²) in [6.45, 7) is 3.60. The lowest BCUT2D eigenvalue weighted by Crippen LogP contribution is -2.38. The predicted molar refractivity (Wildman–Crippen MR) is 102 cm³/mol. The molecule has 0 spiro atoms. The van der Waals surface area contributed by atoms with Crippen LogP contribution in [0.2, 0.25) is 4.34 Å². The summed E-state index contributed by atoms with van der Waals surface area (Å²) in [4.78, 5) is 30.9. The Morgan fingerprint density at radius 3 is 3.00 bits per heavy atom. The maximum absolute atomic E-state index is 12.6. The molecule has 1 aliphatic heterocycles. The van der Waals surface area contributed by atoms with E-state index >= 15 is 0 Å². The number of likely N-dealkylation sites (tertiary alicyclic amines) is 1. The van der Waals surface area contributed by atoms with Crippen molar-refractivity contribution < 1.29 is 9.59 Å². The van der Waals surface area contributed by atoms with E-state index in [4.69, 9.17) is 16.6 Å². The van der Waals surface area contributed by atoms with Gasteiger partial charge in [-0.05, 0) is 25.0 Å². The van der Waals surface area contributed by atoms with Gasteiger partial charge >= 0.3 is 0 Å². The minimum atomic E-state index is -0.0226. The molecular formula is C17H20ClN3O2S2. The van der Waals surface area contributed by atoms with Crippen LogP contribution in [0.4, 0.5) is 0 Å². The molecule has 134 valence electrons. The Morgan fingerprint density at radius 2 is 2.28 bits per heavy atom. The van der Waals surface area contributed by atoms with Crippen LogP contribution < -0.4 is 5.32 Å². The Balaban J connectivity index is 1.60. The first-order valence-electron chi connectivity index (χ1n) is 8.26. The summed E-state index contributed by atoms with van der Waals surface area (Å²) < 4.78 is 0.639. The van der Waals surface area contributed by atoms with E-state index in [1.165, 1.54) is 18.3 Å². The van der Waals surface area contributed by atoms with E-state index in [1.807, 2.05) is 4.90 Å². The fraction of sp³-hybridized carbons (Fsp3) is 0.471. The molecule has 1 saturated heterocycles. The molecule has 3 rings (SSSR count). The summed E-state index contributed by atoms with van der Waals surface area (Å²) in [5.41, 5.74) is 1.00. The Morgan fingerprint density at radius 1 is 1.44 bits per heavy atom. The van der Waals surface area contributed by atoms with Gasteiger partial charge in [-0.1, -0.05) is 11.6 Å². The van der Waals surface area contributed by atoms with Crippen LogP contribution in [-0.4, -0.2) is 41.3 Å². The van der Waals surface area contributed by atoms with Crippen molar-refractivity contribution in [3.05, 3.63) is 37.4 Å². The first kappa shape index (κ1) is 18.4. The lowest BCUT2D eigenvalue weighted by Gasteiger charge is -2.31. The van der Waals surface area contributed by atoms with E-state index in [2.05, 4.69) is 10.7 Å². The van der Waals surface area contributed by atoms with Crippen LogP contribution >= 0.6 is 34.3 Å². The SMILES string of the molecule is CC(=O)NCCc1csc([C@@H]2CCCN(C(=O)c3ccc(Cl)s3)C2)n1. The summed E-state index contributed by atoms with van der Waals surface area (Å²) in [5, 5.41) is 5.92. The molecule has 5 nitrogen and oxygen atoms in total. The van der Waals surface area contributed by atoms with Crippen molar-refractivity contribution in [2.75, 3.05) is 19.6 Å². The standard InChI is InChI=1S/C17H20ClN3O2S2/c1-11(22)19-7-6-13-10-24-16(20-13)12-3-2-8-21(9-12)17(23)14-4-5-15(18)25-14/h4-5,10,12H,2-3,6-9H2,1H3,(H,19,22)/t12-/m1/s1. The maximum atomic E-state index is 12.6. The number of halogens is 1. The van der Waals surface area contributed by atoms with Crippen LogP contribution in [0.15, 0.2) is 17.5 Å². The molecule has 2 amide bonds. The van der Waals surface area contributed by atoms with Gasteiger partial charge in [0.05, 0.1) is 19.9 Å². The van der Waals surface area contributed by atoms with Gasteiger partial charge in [-0.2, -0.15) is 0 Å². The second-order valence-corrected chi connectivity index (χ2v) is 8.71. The van der Waals surface area contributed by atoms with Crippen molar-refractivity contribution in [2.45, 2.75) is 32.1 Å². The van der Waals surface area contributed by atoms with E-state index in [0.29, 0.717) is 22.3 Å². The zero-order valence-electron chi connectivity index (χ0n) is 14.0. The molecule has 8 heteroatoms. The molecule has 2 aromatic heterocycles. The number of thiazole rings is 1. The second kappa shape index (κ2) is 8.29. The van der Waals surface area contributed by atoms with Gasteiger partial charge in [0.1, 0.15) is 0 Å². The average molecular weight is 398 g/mol. The third-order valence-electron chi connectivity index (χ3n) is 4.17. The molecule has 1 aliphatic rings. The van der Waals surface area contributed by atoms with Crippen LogP contribution in [0.3, 0.4) is 0 Å². The van der Waals surface area contributed by atoms with Crippen molar-refractivity contribution >= 4 is 46.1 Å². The third-order valence-corrected chi connectivity index (χ3v) is 6.44. The van der Waals surface area contributed by atoms with Crippen LogP contribution in [0, 0.1) is 0 Å². The van der Waals surface area contributed by atoms with Gasteiger partial charge in [-0.3, -0.25) is 9.59 Å². The fourth-order valence-corrected chi connectivity index (χ4v) is 4.93. The zero-order valence-corrected chi connectivity index (χ0v) is 16.3. The van der Waals surface area contributed by atoms with Crippen molar-refractivity contribution in [3.63, 3.8) is 0 Å². The monoisotopic (exact) mass is 397 g/mol. The average Bonchev–Trinajstić information content (AvgIpc) is 3.23. The van der Waals surface area contributed by atoms with Gasteiger partial charge in [0.25, 0.3) is 5.91 Å². The first-order valence-corrected chi connectivity index (χ1v) is 10.3. The number of rotatable bonds is 5. The predicted octanol–water partition coefficient (Wildman–Crippen LogP) is 3.56. The number of hydrogen-bond donors (Lipinski definition) is 1. The van der Waals surface area contributed by atoms with Crippen molar-refractivity contribution in [3.8, 4) is 0 Å². The summed E-state index contributed by atoms with van der Waals surface area (Å²) in [5.74, 6) is 0.322. The highest BCUT2D eigenvalue weighted by molar-refractivity contribution is 7.18. The molecular weight excluding hydrogens is 378 g/mol. The number of amides is 2. The third kappa shape index (κ3) is 4.80. The Hall–Kier alpha value is -1.44. The van der Waals surface area contributed by atoms with Crippen LogP contribution in [0.5, 0.6) is 0 Å². The summed E-state index contributed by atoms with van der Waals surface area (Å²) in [6, 6.07) is 3.56. The normalized spacial score (nSPS) is 17.5. The van der Waals surface area contributed by atoms with Gasteiger partial charge in [0.15, 0.2) is 0 Å². The molecule has 0 unspecified atom stereocenters. The Labute approximate surface area is 160 Å². The van der Waals surface area contributed by atoms with Gasteiger partial charge in [0.2, 0.25) is 5.91 Å². The van der Waals surface area contributed by atoms with Crippen molar-refractivity contribution in [1.82, 2.24) is 15.2 Å². The highest BCUT2D eigenvalue weighted by atomic mass is 35.5. The van der Waals surface area contributed by atoms with Crippen LogP contribution in [0.1, 0.15) is 46.1 Å². The summed E-state index contributed by atoms with van der Waals surface area (Å²) >= 11 is 8.92. The zero-order chi connectivity index (χ0) is 17.8. The largest absolute Gasteiger partial charge is 0.356 e. The number of carbonyl (C=O) groups excluding carboxylic acids is 2. The number of carbonyl (C=O) groups is 2. The smallest absolute Gasteiger partial charge is 0.263 e. The van der Waals surface area contributed by atoms with Gasteiger partial charge < -0.3 is 10.2 Å². The molecule has 0 aliphatic carbocycles. The Bertz CT molecular complexity index is 759. The van der Waals surface area contributed by atoms with Crippen molar-refractivity contribution in [1.29, 1.82) is 0 Å². The minimum Gasteiger partial charge on any atom is -0.356 e. The van der Waals surface area contributed by atoms with E-state index in [-0.39, 0.29) is 17.7 Å². The number of piperidine rings is 1. The molecule has 0 saturated carbocycles. The quantitative estimate of drug-likeness (QED) is 0.839. The van der Waals surface area contributed by atoms with E-state index < -0.39 is 0 Å². The first-order chi connectivity index (χ1) is 12.0. The molecule has 0 bridgehead atoms. The van der Waals surface area contributed by atoms with Gasteiger partial charge in [-0.25, -0.2) is 4.98 Å². The van der Waals surface area contributed by atoms with Crippen LogP contribution in [-0.2, 0) is 11.2 Å². The minimum absolute atomic E-state index is 0.0226. The highest BCUT2D eigenvalue weighted by Crippen LogP contribution is 2.31. The second-order valence-electron chi connectivity index (χ2n) is 6.10. The molecule has 1 N–H and O–H groups in total. The number of thiophene rings is 1. The molecule has 1 fully saturated rings. The lowest BCUT2D eigenvalue weighted by atomic mass is 9.98. The van der Waals surface area contributed by atoms with Crippen molar-refractivity contribution in [2.24, 2.45) is 0 Å². The molecule has 3 heterocycles.